The number of primary amides is 1. The molecule has 0 aliphatic rings. The molecule has 4 N–H and O–H groups in total. The van der Waals surface area contributed by atoms with Crippen LogP contribution >= 0.6 is 0 Å². The highest BCUT2D eigenvalue weighted by atomic mass is 16.2. The number of carbonyl (C=O) groups is 2. The molecule has 0 aliphatic carbocycles. The van der Waals surface area contributed by atoms with Crippen LogP contribution in [0, 0.1) is 13.3 Å². The van der Waals surface area contributed by atoms with Crippen LogP contribution in [0.4, 0.5) is 17.3 Å². The molecule has 2 amide bonds. The number of aryl methyl sites for hydroxylation is 1. The Balaban J connectivity index is 2.28. The van der Waals surface area contributed by atoms with E-state index in [-0.39, 0.29) is 17.6 Å². The molecule has 29 heavy (non-hydrogen) atoms. The third kappa shape index (κ3) is 5.91. The predicted octanol–water partition coefficient (Wildman–Crippen LogP) is 2.36. The third-order valence-corrected chi connectivity index (χ3v) is 4.55. The van der Waals surface area contributed by atoms with Crippen molar-refractivity contribution in [2.24, 2.45) is 5.73 Å². The third-order valence-electron chi connectivity index (χ3n) is 4.55. The summed E-state index contributed by atoms with van der Waals surface area (Å²) in [6.07, 6.45) is 2.17. The summed E-state index contributed by atoms with van der Waals surface area (Å²) in [7, 11) is 1.93. The SMILES string of the molecule is C[CH]C(=O)NCCc1cccc(Nc2nc(N(C)C(C)C)c(C)nc2C(N)=O)c1. The number of nitrogens with two attached hydrogens (primary N) is 1. The van der Waals surface area contributed by atoms with E-state index in [0.29, 0.717) is 30.3 Å². The molecule has 0 spiro atoms. The summed E-state index contributed by atoms with van der Waals surface area (Å²) in [5.74, 6) is 0.262. The molecule has 0 unspecified atom stereocenters. The van der Waals surface area contributed by atoms with Crippen molar-refractivity contribution in [2.45, 2.75) is 40.2 Å². The van der Waals surface area contributed by atoms with Crippen LogP contribution < -0.4 is 21.3 Å². The molecule has 0 saturated carbocycles. The Hall–Kier alpha value is -3.16. The number of anilines is 3. The van der Waals surface area contributed by atoms with Gasteiger partial charge >= 0.3 is 0 Å². The van der Waals surface area contributed by atoms with Crippen molar-refractivity contribution in [3.05, 3.63) is 47.6 Å². The van der Waals surface area contributed by atoms with Gasteiger partial charge in [-0.05, 0) is 44.9 Å². The maximum absolute atomic E-state index is 11.9. The highest BCUT2D eigenvalue weighted by molar-refractivity contribution is 5.96. The van der Waals surface area contributed by atoms with Gasteiger partial charge in [0.15, 0.2) is 17.3 Å². The molecule has 8 nitrogen and oxygen atoms in total. The second kappa shape index (κ2) is 9.86. The van der Waals surface area contributed by atoms with E-state index in [9.17, 15) is 9.59 Å². The van der Waals surface area contributed by atoms with Gasteiger partial charge in [-0.25, -0.2) is 9.97 Å². The summed E-state index contributed by atoms with van der Waals surface area (Å²) in [5, 5.41) is 5.98. The molecule has 1 aromatic heterocycles. The van der Waals surface area contributed by atoms with Crippen LogP contribution in [0.1, 0.15) is 42.5 Å². The van der Waals surface area contributed by atoms with E-state index in [0.717, 1.165) is 11.3 Å². The molecule has 0 aliphatic heterocycles. The van der Waals surface area contributed by atoms with Crippen molar-refractivity contribution < 1.29 is 9.59 Å². The number of hydrogen-bond donors (Lipinski definition) is 3. The highest BCUT2D eigenvalue weighted by Gasteiger charge is 2.19. The van der Waals surface area contributed by atoms with Crippen LogP contribution in [0.3, 0.4) is 0 Å². The first-order chi connectivity index (χ1) is 13.7. The molecule has 155 valence electrons. The fraction of sp³-hybridized carbons (Fsp3) is 0.381. The smallest absolute Gasteiger partial charge is 0.271 e. The number of hydrogen-bond acceptors (Lipinski definition) is 6. The lowest BCUT2D eigenvalue weighted by Crippen LogP contribution is -2.29. The summed E-state index contributed by atoms with van der Waals surface area (Å²) in [4.78, 5) is 34.2. The minimum atomic E-state index is -0.642. The minimum absolute atomic E-state index is 0.0953. The van der Waals surface area contributed by atoms with Gasteiger partial charge in [-0.3, -0.25) is 9.59 Å². The first-order valence-corrected chi connectivity index (χ1v) is 9.57. The molecular formula is C21H29N6O2. The second-order valence-electron chi connectivity index (χ2n) is 7.05. The van der Waals surface area contributed by atoms with E-state index in [1.807, 2.05) is 36.2 Å². The number of rotatable bonds is 9. The maximum atomic E-state index is 11.9. The van der Waals surface area contributed by atoms with Crippen molar-refractivity contribution in [2.75, 3.05) is 23.8 Å². The molecule has 2 aromatic rings. The van der Waals surface area contributed by atoms with Crippen LogP contribution in [0.2, 0.25) is 0 Å². The van der Waals surface area contributed by atoms with Gasteiger partial charge in [0.1, 0.15) is 0 Å². The topological polar surface area (TPSA) is 113 Å². The van der Waals surface area contributed by atoms with Crippen LogP contribution in [0.15, 0.2) is 24.3 Å². The zero-order chi connectivity index (χ0) is 21.6. The molecule has 1 aromatic carbocycles. The summed E-state index contributed by atoms with van der Waals surface area (Å²) in [5.41, 5.74) is 8.05. The molecule has 1 radical (unpaired) electrons. The van der Waals surface area contributed by atoms with Gasteiger partial charge in [-0.2, -0.15) is 0 Å². The number of nitrogens with zero attached hydrogens (tertiary/aromatic N) is 3. The monoisotopic (exact) mass is 397 g/mol. The molecule has 0 bridgehead atoms. The lowest BCUT2D eigenvalue weighted by atomic mass is 10.1. The number of nitrogens with one attached hydrogen (secondary N) is 2. The van der Waals surface area contributed by atoms with E-state index >= 15 is 0 Å². The summed E-state index contributed by atoms with van der Waals surface area (Å²) < 4.78 is 0. The van der Waals surface area contributed by atoms with Crippen molar-refractivity contribution in [1.82, 2.24) is 15.3 Å². The van der Waals surface area contributed by atoms with Crippen LogP contribution in [-0.4, -0.2) is 41.4 Å². The number of carbonyl (C=O) groups excluding carboxylic acids is 2. The van der Waals surface area contributed by atoms with Crippen LogP contribution in [0.25, 0.3) is 0 Å². The average Bonchev–Trinajstić information content (AvgIpc) is 2.68. The number of amides is 2. The molecule has 0 fully saturated rings. The quantitative estimate of drug-likeness (QED) is 0.599. The van der Waals surface area contributed by atoms with Gasteiger partial charge in [-0.1, -0.05) is 19.1 Å². The Kier molecular flexibility index (Phi) is 7.52. The first kappa shape index (κ1) is 22.1. The van der Waals surface area contributed by atoms with Gasteiger partial charge in [0.05, 0.1) is 5.69 Å². The van der Waals surface area contributed by atoms with Gasteiger partial charge in [0, 0.05) is 31.7 Å². The summed E-state index contributed by atoms with van der Waals surface area (Å²) in [6.45, 7) is 8.14. The van der Waals surface area contributed by atoms with Crippen molar-refractivity contribution in [3.8, 4) is 0 Å². The van der Waals surface area contributed by atoms with Gasteiger partial charge in [0.25, 0.3) is 5.91 Å². The first-order valence-electron chi connectivity index (χ1n) is 9.57. The van der Waals surface area contributed by atoms with Crippen molar-refractivity contribution in [3.63, 3.8) is 0 Å². The van der Waals surface area contributed by atoms with E-state index < -0.39 is 5.91 Å². The van der Waals surface area contributed by atoms with Gasteiger partial charge in [-0.15, -0.1) is 0 Å². The maximum Gasteiger partial charge on any atom is 0.271 e. The minimum Gasteiger partial charge on any atom is -0.364 e. The summed E-state index contributed by atoms with van der Waals surface area (Å²) >= 11 is 0. The van der Waals surface area contributed by atoms with Crippen LogP contribution in [-0.2, 0) is 11.2 Å². The van der Waals surface area contributed by atoms with E-state index in [1.54, 1.807) is 13.8 Å². The van der Waals surface area contributed by atoms with Gasteiger partial charge < -0.3 is 21.3 Å². The fourth-order valence-corrected chi connectivity index (χ4v) is 2.72. The van der Waals surface area contributed by atoms with Crippen molar-refractivity contribution >= 4 is 29.1 Å². The molecular weight excluding hydrogens is 368 g/mol. The predicted molar refractivity (Wildman–Crippen MR) is 115 cm³/mol. The van der Waals surface area contributed by atoms with Crippen LogP contribution in [0.5, 0.6) is 0 Å². The summed E-state index contributed by atoms with van der Waals surface area (Å²) in [6, 6.07) is 7.91. The van der Waals surface area contributed by atoms with E-state index in [2.05, 4.69) is 34.4 Å². The van der Waals surface area contributed by atoms with Crippen molar-refractivity contribution in [1.29, 1.82) is 0 Å². The normalized spacial score (nSPS) is 10.7. The fourth-order valence-electron chi connectivity index (χ4n) is 2.72. The largest absolute Gasteiger partial charge is 0.364 e. The Labute approximate surface area is 171 Å². The van der Waals surface area contributed by atoms with E-state index in [4.69, 9.17) is 5.73 Å². The molecule has 2 rings (SSSR count). The lowest BCUT2D eigenvalue weighted by molar-refractivity contribution is -0.117. The zero-order valence-electron chi connectivity index (χ0n) is 17.6. The second-order valence-corrected chi connectivity index (χ2v) is 7.05. The number of aromatic nitrogens is 2. The van der Waals surface area contributed by atoms with E-state index in [1.165, 1.54) is 6.42 Å². The standard InChI is InChI=1S/C21H29N6O2/c1-6-17(28)23-11-10-15-8-7-9-16(12-15)25-20-18(19(22)29)24-14(4)21(26-20)27(5)13(2)3/h6-9,12-13H,10-11H2,1-5H3,(H2,22,29)(H,23,28)(H,25,26). The molecule has 0 atom stereocenters. The zero-order valence-corrected chi connectivity index (χ0v) is 17.6. The number of benzene rings is 1. The molecule has 0 saturated heterocycles. The lowest BCUT2D eigenvalue weighted by Gasteiger charge is -2.25. The Morgan fingerprint density at radius 3 is 2.62 bits per heavy atom. The Bertz CT molecular complexity index is 881. The highest BCUT2D eigenvalue weighted by Crippen LogP contribution is 2.24. The molecule has 8 heteroatoms. The Morgan fingerprint density at radius 2 is 2.00 bits per heavy atom. The average molecular weight is 398 g/mol. The van der Waals surface area contributed by atoms with Gasteiger partial charge in [0.2, 0.25) is 5.91 Å². The Morgan fingerprint density at radius 1 is 1.28 bits per heavy atom. The molecule has 1 heterocycles.